The lowest BCUT2D eigenvalue weighted by Gasteiger charge is -2.37. The molecule has 2 aliphatic rings. The molecule has 0 spiro atoms. The number of aromatic nitrogens is 1. The number of likely N-dealkylation sites (N-methyl/N-ethyl adjacent to an activating group) is 1. The van der Waals surface area contributed by atoms with Crippen molar-refractivity contribution in [2.45, 2.75) is 32.7 Å². The predicted molar refractivity (Wildman–Crippen MR) is 113 cm³/mol. The van der Waals surface area contributed by atoms with Gasteiger partial charge in [0.1, 0.15) is 17.9 Å². The predicted octanol–water partition coefficient (Wildman–Crippen LogP) is 2.80. The highest BCUT2D eigenvalue weighted by Crippen LogP contribution is 2.42. The number of carbonyl (C=O) groups is 1. The number of anilines is 1. The molecule has 1 aromatic carbocycles. The molecule has 1 aromatic heterocycles. The maximum Gasteiger partial charge on any atom is 0.343 e. The van der Waals surface area contributed by atoms with Crippen LogP contribution in [0.3, 0.4) is 0 Å². The van der Waals surface area contributed by atoms with Gasteiger partial charge in [0.15, 0.2) is 11.6 Å². The number of halogens is 1. The Kier molecular flexibility index (Phi) is 5.69. The number of hydrogen-bond acceptors (Lipinski definition) is 6. The van der Waals surface area contributed by atoms with Crippen molar-refractivity contribution in [3.63, 3.8) is 0 Å². The Hall–Kier alpha value is -2.61. The number of hydrogen-bond donors (Lipinski definition) is 0. The van der Waals surface area contributed by atoms with Crippen LogP contribution in [0.25, 0.3) is 10.9 Å². The lowest BCUT2D eigenvalue weighted by Crippen LogP contribution is -2.45. The van der Waals surface area contributed by atoms with E-state index in [2.05, 4.69) is 4.90 Å². The van der Waals surface area contributed by atoms with E-state index in [9.17, 15) is 9.59 Å². The smallest absolute Gasteiger partial charge is 0.343 e. The molecule has 4 rings (SSSR count). The molecular weight excluding hydrogens is 389 g/mol. The van der Waals surface area contributed by atoms with Crippen LogP contribution in [0.15, 0.2) is 17.1 Å². The molecule has 0 aliphatic carbocycles. The molecule has 0 bridgehead atoms. The molecule has 0 amide bonds. The van der Waals surface area contributed by atoms with E-state index in [0.29, 0.717) is 36.6 Å². The third-order valence-electron chi connectivity index (χ3n) is 5.91. The molecule has 0 saturated carbocycles. The maximum absolute atomic E-state index is 15.3. The van der Waals surface area contributed by atoms with E-state index in [1.807, 2.05) is 30.4 Å². The topological polar surface area (TPSA) is 64.0 Å². The number of ether oxygens (including phenoxy) is 2. The molecule has 2 aromatic rings. The largest absolute Gasteiger partial charge is 0.487 e. The molecule has 1 saturated heterocycles. The summed E-state index contributed by atoms with van der Waals surface area (Å²) in [5, 5.41) is 0.150. The number of piperazine rings is 1. The van der Waals surface area contributed by atoms with Gasteiger partial charge in [-0.15, -0.1) is 0 Å². The first-order valence-corrected chi connectivity index (χ1v) is 10.6. The zero-order valence-corrected chi connectivity index (χ0v) is 17.7. The summed E-state index contributed by atoms with van der Waals surface area (Å²) in [6.07, 6.45) is 3.15. The lowest BCUT2D eigenvalue weighted by molar-refractivity contribution is 0.0497. The van der Waals surface area contributed by atoms with E-state index in [1.54, 1.807) is 6.20 Å². The average Bonchev–Trinajstić information content (AvgIpc) is 2.73. The minimum absolute atomic E-state index is 0.0648. The Labute approximate surface area is 175 Å². The van der Waals surface area contributed by atoms with Crippen molar-refractivity contribution < 1.29 is 18.7 Å². The van der Waals surface area contributed by atoms with Crippen molar-refractivity contribution >= 4 is 22.6 Å². The Balaban J connectivity index is 1.85. The highest BCUT2D eigenvalue weighted by Gasteiger charge is 2.31. The van der Waals surface area contributed by atoms with E-state index in [4.69, 9.17) is 9.47 Å². The standard InChI is InChI=1S/C22H28FN3O4/c1-4-5-10-29-22(28)16-12-26-14(2)13-30-21-18(26)15(20(16)27)11-17(23)19(21)25-8-6-24(3)7-9-25/h11-12,14H,4-10,13H2,1-3H3/t14-/m0/s1. The van der Waals surface area contributed by atoms with Crippen molar-refractivity contribution in [3.8, 4) is 5.75 Å². The van der Waals surface area contributed by atoms with E-state index in [0.717, 1.165) is 25.9 Å². The second kappa shape index (κ2) is 8.26. The summed E-state index contributed by atoms with van der Waals surface area (Å²) in [7, 11) is 2.04. The van der Waals surface area contributed by atoms with Crippen LogP contribution in [0, 0.1) is 5.82 Å². The van der Waals surface area contributed by atoms with Gasteiger partial charge in [-0.05, 0) is 26.5 Å². The summed E-state index contributed by atoms with van der Waals surface area (Å²) in [4.78, 5) is 29.8. The lowest BCUT2D eigenvalue weighted by atomic mass is 10.1. The van der Waals surface area contributed by atoms with Crippen LogP contribution in [0.2, 0.25) is 0 Å². The normalized spacial score (nSPS) is 19.1. The molecule has 7 nitrogen and oxygen atoms in total. The molecule has 0 N–H and O–H groups in total. The van der Waals surface area contributed by atoms with E-state index >= 15 is 4.39 Å². The molecule has 30 heavy (non-hydrogen) atoms. The summed E-state index contributed by atoms with van der Waals surface area (Å²) < 4.78 is 28.3. The summed E-state index contributed by atoms with van der Waals surface area (Å²) in [5.74, 6) is -0.782. The minimum atomic E-state index is -0.664. The Morgan fingerprint density at radius 2 is 2.03 bits per heavy atom. The van der Waals surface area contributed by atoms with E-state index in [1.165, 1.54) is 6.07 Å². The number of carbonyl (C=O) groups excluding carboxylic acids is 1. The molecule has 0 unspecified atom stereocenters. The highest BCUT2D eigenvalue weighted by atomic mass is 19.1. The van der Waals surface area contributed by atoms with Crippen LogP contribution in [-0.4, -0.2) is 61.9 Å². The van der Waals surface area contributed by atoms with Crippen molar-refractivity contribution in [1.29, 1.82) is 0 Å². The second-order valence-corrected chi connectivity index (χ2v) is 8.15. The Bertz CT molecular complexity index is 1030. The number of esters is 1. The number of pyridine rings is 1. The highest BCUT2D eigenvalue weighted by molar-refractivity contribution is 5.98. The number of rotatable bonds is 5. The van der Waals surface area contributed by atoms with Gasteiger partial charge in [0.2, 0.25) is 5.43 Å². The summed E-state index contributed by atoms with van der Waals surface area (Å²) >= 11 is 0. The third kappa shape index (κ3) is 3.53. The average molecular weight is 417 g/mol. The molecule has 1 atom stereocenters. The monoisotopic (exact) mass is 417 g/mol. The molecule has 2 aliphatic heterocycles. The Morgan fingerprint density at radius 3 is 2.73 bits per heavy atom. The SMILES string of the molecule is CCCCOC(=O)c1cn2c3c(c(N4CCN(C)CC4)c(F)cc3c1=O)OC[C@@H]2C. The van der Waals surface area contributed by atoms with E-state index in [-0.39, 0.29) is 23.6 Å². The van der Waals surface area contributed by atoms with Crippen molar-refractivity contribution in [2.75, 3.05) is 51.3 Å². The van der Waals surface area contributed by atoms with Gasteiger partial charge in [0.05, 0.1) is 23.6 Å². The van der Waals surface area contributed by atoms with Crippen LogP contribution in [0.5, 0.6) is 5.75 Å². The molecule has 8 heteroatoms. The van der Waals surface area contributed by atoms with Crippen LogP contribution >= 0.6 is 0 Å². The van der Waals surface area contributed by atoms with Gasteiger partial charge in [-0.25, -0.2) is 9.18 Å². The van der Waals surface area contributed by atoms with Gasteiger partial charge in [-0.3, -0.25) is 4.79 Å². The van der Waals surface area contributed by atoms with Crippen molar-refractivity contribution in [3.05, 3.63) is 33.9 Å². The second-order valence-electron chi connectivity index (χ2n) is 8.15. The Morgan fingerprint density at radius 1 is 1.30 bits per heavy atom. The zero-order chi connectivity index (χ0) is 21.4. The number of nitrogens with zero attached hydrogens (tertiary/aromatic N) is 3. The summed E-state index contributed by atoms with van der Waals surface area (Å²) in [6, 6.07) is 1.14. The van der Waals surface area contributed by atoms with Crippen molar-refractivity contribution in [2.24, 2.45) is 0 Å². The van der Waals surface area contributed by atoms with Gasteiger partial charge < -0.3 is 23.8 Å². The van der Waals surface area contributed by atoms with Gasteiger partial charge in [0, 0.05) is 32.4 Å². The zero-order valence-electron chi connectivity index (χ0n) is 17.7. The number of benzene rings is 1. The number of unbranched alkanes of at least 4 members (excludes halogenated alkanes) is 1. The van der Waals surface area contributed by atoms with E-state index < -0.39 is 17.2 Å². The fraction of sp³-hybridized carbons (Fsp3) is 0.545. The van der Waals surface area contributed by atoms with Gasteiger partial charge >= 0.3 is 5.97 Å². The van der Waals surface area contributed by atoms with Crippen LogP contribution in [-0.2, 0) is 4.74 Å². The van der Waals surface area contributed by atoms with Crippen LogP contribution in [0.4, 0.5) is 10.1 Å². The molecule has 0 radical (unpaired) electrons. The first-order chi connectivity index (χ1) is 14.4. The fourth-order valence-electron chi connectivity index (χ4n) is 4.07. The third-order valence-corrected chi connectivity index (χ3v) is 5.91. The van der Waals surface area contributed by atoms with Gasteiger partial charge in [-0.1, -0.05) is 13.3 Å². The molecule has 162 valence electrons. The molecular formula is C22H28FN3O4. The minimum Gasteiger partial charge on any atom is -0.487 e. The van der Waals surface area contributed by atoms with Gasteiger partial charge in [-0.2, -0.15) is 0 Å². The first kappa shape index (κ1) is 20.7. The summed E-state index contributed by atoms with van der Waals surface area (Å²) in [6.45, 7) is 7.52. The molecule has 3 heterocycles. The van der Waals surface area contributed by atoms with Gasteiger partial charge in [0.25, 0.3) is 0 Å². The first-order valence-electron chi connectivity index (χ1n) is 10.6. The van der Waals surface area contributed by atoms with Crippen LogP contribution in [0.1, 0.15) is 43.1 Å². The quantitative estimate of drug-likeness (QED) is 0.551. The fourth-order valence-corrected chi connectivity index (χ4v) is 4.07. The summed E-state index contributed by atoms with van der Waals surface area (Å²) in [5.41, 5.74) is 0.351. The van der Waals surface area contributed by atoms with Crippen LogP contribution < -0.4 is 15.1 Å². The van der Waals surface area contributed by atoms with Crippen molar-refractivity contribution in [1.82, 2.24) is 9.47 Å². The molecule has 1 fully saturated rings. The maximum atomic E-state index is 15.3.